The third-order valence-electron chi connectivity index (χ3n) is 2.55. The van der Waals surface area contributed by atoms with Crippen molar-refractivity contribution in [2.24, 2.45) is 0 Å². The van der Waals surface area contributed by atoms with Crippen LogP contribution in [0.5, 0.6) is 0 Å². The molecule has 0 aliphatic carbocycles. The summed E-state index contributed by atoms with van der Waals surface area (Å²) >= 11 is 0. The molecule has 4 heteroatoms. The van der Waals surface area contributed by atoms with Gasteiger partial charge in [-0.2, -0.15) is 0 Å². The highest BCUT2D eigenvalue weighted by Gasteiger charge is 2.24. The maximum Gasteiger partial charge on any atom is 0.415 e. The van der Waals surface area contributed by atoms with E-state index in [0.29, 0.717) is 18.8 Å². The van der Waals surface area contributed by atoms with Gasteiger partial charge in [-0.15, -0.1) is 0 Å². The van der Waals surface area contributed by atoms with Crippen molar-refractivity contribution >= 4 is 11.9 Å². The Labute approximate surface area is 94.3 Å². The van der Waals surface area contributed by atoms with E-state index in [1.165, 1.54) is 4.90 Å². The molecule has 1 aliphatic rings. The molecule has 0 saturated carbocycles. The van der Waals surface area contributed by atoms with Crippen LogP contribution in [0.1, 0.15) is 18.4 Å². The number of nitrogens with one attached hydrogen (secondary N) is 1. The Morgan fingerprint density at radius 2 is 2.12 bits per heavy atom. The third-order valence-corrected chi connectivity index (χ3v) is 2.55. The number of carbonyl (C=O) groups is 1. The van der Waals surface area contributed by atoms with Gasteiger partial charge in [-0.3, -0.25) is 10.3 Å². The minimum absolute atomic E-state index is 0.267. The molecule has 1 heterocycles. The van der Waals surface area contributed by atoms with Crippen LogP contribution in [0.4, 0.5) is 4.79 Å². The van der Waals surface area contributed by atoms with Crippen LogP contribution in [0, 0.1) is 5.41 Å². The summed E-state index contributed by atoms with van der Waals surface area (Å²) < 4.78 is 5.13. The smallest absolute Gasteiger partial charge is 0.415 e. The highest BCUT2D eigenvalue weighted by Crippen LogP contribution is 2.12. The molecule has 1 aromatic carbocycles. The summed E-state index contributed by atoms with van der Waals surface area (Å²) in [5.41, 5.74) is 0.960. The highest BCUT2D eigenvalue weighted by atomic mass is 16.6. The zero-order chi connectivity index (χ0) is 11.4. The van der Waals surface area contributed by atoms with E-state index in [4.69, 9.17) is 10.1 Å². The minimum atomic E-state index is -0.411. The Morgan fingerprint density at radius 1 is 1.38 bits per heavy atom. The number of rotatable bonds is 2. The number of amides is 1. The van der Waals surface area contributed by atoms with Crippen molar-refractivity contribution in [2.45, 2.75) is 19.4 Å². The normalized spacial score (nSPS) is 15.2. The van der Waals surface area contributed by atoms with Crippen LogP contribution in [0.15, 0.2) is 30.3 Å². The standard InChI is InChI=1S/C12H14N2O2/c13-11-7-4-8-14(11)12(15)16-9-10-5-2-1-3-6-10/h1-3,5-6,13H,4,7-9H2. The molecule has 0 unspecified atom stereocenters. The van der Waals surface area contributed by atoms with Gasteiger partial charge in [-0.25, -0.2) is 4.79 Å². The monoisotopic (exact) mass is 218 g/mol. The number of benzene rings is 1. The van der Waals surface area contributed by atoms with Crippen LogP contribution in [-0.4, -0.2) is 23.4 Å². The lowest BCUT2D eigenvalue weighted by atomic mass is 10.2. The third kappa shape index (κ3) is 2.39. The van der Waals surface area contributed by atoms with Crippen molar-refractivity contribution in [3.8, 4) is 0 Å². The molecule has 0 atom stereocenters. The summed E-state index contributed by atoms with van der Waals surface area (Å²) in [5, 5.41) is 7.54. The lowest BCUT2D eigenvalue weighted by molar-refractivity contribution is 0.118. The molecule has 1 N–H and O–H groups in total. The second-order valence-electron chi connectivity index (χ2n) is 3.74. The predicted octanol–water partition coefficient (Wildman–Crippen LogP) is 2.40. The number of hydrogen-bond donors (Lipinski definition) is 1. The molecule has 1 aliphatic heterocycles. The zero-order valence-electron chi connectivity index (χ0n) is 8.98. The number of carbonyl (C=O) groups excluding carboxylic acids is 1. The average molecular weight is 218 g/mol. The Kier molecular flexibility index (Phi) is 3.19. The van der Waals surface area contributed by atoms with Crippen LogP contribution in [0.25, 0.3) is 0 Å². The van der Waals surface area contributed by atoms with E-state index < -0.39 is 6.09 Å². The molecule has 84 valence electrons. The maximum absolute atomic E-state index is 11.6. The molecule has 0 radical (unpaired) electrons. The minimum Gasteiger partial charge on any atom is -0.444 e. The van der Waals surface area contributed by atoms with E-state index in [9.17, 15) is 4.79 Å². The van der Waals surface area contributed by atoms with Crippen LogP contribution in [-0.2, 0) is 11.3 Å². The van der Waals surface area contributed by atoms with Gasteiger partial charge >= 0.3 is 6.09 Å². The van der Waals surface area contributed by atoms with Gasteiger partial charge in [0.1, 0.15) is 12.4 Å². The van der Waals surface area contributed by atoms with Crippen molar-refractivity contribution in [3.05, 3.63) is 35.9 Å². The molecule has 1 aromatic rings. The van der Waals surface area contributed by atoms with Gasteiger partial charge in [-0.05, 0) is 12.0 Å². The molecule has 16 heavy (non-hydrogen) atoms. The van der Waals surface area contributed by atoms with Crippen molar-refractivity contribution in [2.75, 3.05) is 6.54 Å². The Hall–Kier alpha value is -1.84. The fourth-order valence-corrected chi connectivity index (χ4v) is 1.67. The molecular formula is C12H14N2O2. The predicted molar refractivity (Wildman–Crippen MR) is 60.3 cm³/mol. The second kappa shape index (κ2) is 4.79. The number of likely N-dealkylation sites (tertiary alicyclic amines) is 1. The summed E-state index contributed by atoms with van der Waals surface area (Å²) in [7, 11) is 0. The van der Waals surface area contributed by atoms with Gasteiger partial charge in [0.15, 0.2) is 0 Å². The fourth-order valence-electron chi connectivity index (χ4n) is 1.67. The van der Waals surface area contributed by atoms with Gasteiger partial charge in [0, 0.05) is 13.0 Å². The first-order chi connectivity index (χ1) is 7.77. The van der Waals surface area contributed by atoms with Crippen molar-refractivity contribution in [3.63, 3.8) is 0 Å². The van der Waals surface area contributed by atoms with Crippen LogP contribution in [0.2, 0.25) is 0 Å². The largest absolute Gasteiger partial charge is 0.444 e. The molecule has 0 spiro atoms. The Morgan fingerprint density at radius 3 is 2.75 bits per heavy atom. The van der Waals surface area contributed by atoms with Crippen molar-refractivity contribution < 1.29 is 9.53 Å². The van der Waals surface area contributed by atoms with Gasteiger partial charge in [0.2, 0.25) is 0 Å². The van der Waals surface area contributed by atoms with E-state index in [2.05, 4.69) is 0 Å². The summed E-state index contributed by atoms with van der Waals surface area (Å²) in [6.45, 7) is 0.871. The van der Waals surface area contributed by atoms with Crippen LogP contribution < -0.4 is 0 Å². The fraction of sp³-hybridized carbons (Fsp3) is 0.333. The van der Waals surface area contributed by atoms with Gasteiger partial charge in [0.25, 0.3) is 0 Å². The topological polar surface area (TPSA) is 53.4 Å². The lowest BCUT2D eigenvalue weighted by Crippen LogP contribution is -2.31. The van der Waals surface area contributed by atoms with Gasteiger partial charge in [-0.1, -0.05) is 30.3 Å². The number of amidine groups is 1. The molecule has 1 saturated heterocycles. The maximum atomic E-state index is 11.6. The van der Waals surface area contributed by atoms with E-state index in [1.807, 2.05) is 30.3 Å². The highest BCUT2D eigenvalue weighted by molar-refractivity contribution is 5.95. The van der Waals surface area contributed by atoms with Crippen LogP contribution >= 0.6 is 0 Å². The quantitative estimate of drug-likeness (QED) is 0.828. The van der Waals surface area contributed by atoms with Crippen molar-refractivity contribution in [1.82, 2.24) is 4.90 Å². The van der Waals surface area contributed by atoms with E-state index in [1.54, 1.807) is 0 Å². The molecule has 4 nitrogen and oxygen atoms in total. The number of nitrogens with zero attached hydrogens (tertiary/aromatic N) is 1. The molecule has 0 aromatic heterocycles. The molecule has 1 fully saturated rings. The van der Waals surface area contributed by atoms with Gasteiger partial charge in [0.05, 0.1) is 0 Å². The molecular weight excluding hydrogens is 204 g/mol. The SMILES string of the molecule is N=C1CCCN1C(=O)OCc1ccccc1. The summed E-state index contributed by atoms with van der Waals surface area (Å²) in [6.07, 6.45) is 1.12. The van der Waals surface area contributed by atoms with Crippen LogP contribution in [0.3, 0.4) is 0 Å². The number of hydrogen-bond acceptors (Lipinski definition) is 3. The van der Waals surface area contributed by atoms with E-state index in [-0.39, 0.29) is 6.61 Å². The summed E-state index contributed by atoms with van der Waals surface area (Å²) in [4.78, 5) is 13.0. The molecule has 1 amide bonds. The van der Waals surface area contributed by atoms with Crippen molar-refractivity contribution in [1.29, 1.82) is 5.41 Å². The molecule has 0 bridgehead atoms. The van der Waals surface area contributed by atoms with Gasteiger partial charge < -0.3 is 4.74 Å². The average Bonchev–Trinajstić information content (AvgIpc) is 2.74. The molecule has 2 rings (SSSR count). The number of ether oxygens (including phenoxy) is 1. The Bertz CT molecular complexity index is 389. The summed E-state index contributed by atoms with van der Waals surface area (Å²) in [6, 6.07) is 9.54. The van der Waals surface area contributed by atoms with E-state index >= 15 is 0 Å². The lowest BCUT2D eigenvalue weighted by Gasteiger charge is -2.15. The second-order valence-corrected chi connectivity index (χ2v) is 3.74. The first-order valence-electron chi connectivity index (χ1n) is 5.33. The first-order valence-corrected chi connectivity index (χ1v) is 5.33. The first kappa shape index (κ1) is 10.7. The van der Waals surface area contributed by atoms with E-state index in [0.717, 1.165) is 12.0 Å². The Balaban J connectivity index is 1.86. The summed E-state index contributed by atoms with van der Waals surface area (Å²) in [5.74, 6) is 0.359. The zero-order valence-corrected chi connectivity index (χ0v) is 8.98.